The second-order valence-corrected chi connectivity index (χ2v) is 5.36. The van der Waals surface area contributed by atoms with Gasteiger partial charge < -0.3 is 9.30 Å². The van der Waals surface area contributed by atoms with Crippen molar-refractivity contribution in [1.29, 1.82) is 0 Å². The van der Waals surface area contributed by atoms with Crippen molar-refractivity contribution in [2.75, 3.05) is 7.11 Å². The Hall–Kier alpha value is -2.00. The molecule has 0 radical (unpaired) electrons. The van der Waals surface area contributed by atoms with Gasteiger partial charge in [0.25, 0.3) is 0 Å². The van der Waals surface area contributed by atoms with Crippen molar-refractivity contribution in [1.82, 2.24) is 9.55 Å². The van der Waals surface area contributed by atoms with Crippen LogP contribution >= 0.6 is 11.6 Å². The Morgan fingerprint density at radius 2 is 1.90 bits per heavy atom. The minimum Gasteiger partial charge on any atom is -0.497 e. The molecule has 1 aromatic heterocycles. The molecule has 0 atom stereocenters. The van der Waals surface area contributed by atoms with Gasteiger partial charge in [0, 0.05) is 6.54 Å². The fourth-order valence-electron chi connectivity index (χ4n) is 2.48. The van der Waals surface area contributed by atoms with Crippen molar-refractivity contribution in [3.05, 3.63) is 59.4 Å². The zero-order valence-electron chi connectivity index (χ0n) is 12.1. The van der Waals surface area contributed by atoms with E-state index in [2.05, 4.69) is 46.8 Å². The van der Waals surface area contributed by atoms with Crippen LogP contribution in [0.15, 0.2) is 42.5 Å². The maximum Gasteiger partial charge on any atom is 0.125 e. The molecule has 0 saturated carbocycles. The summed E-state index contributed by atoms with van der Waals surface area (Å²) in [5.41, 5.74) is 4.52. The van der Waals surface area contributed by atoms with Crippen LogP contribution in [0.25, 0.3) is 11.0 Å². The van der Waals surface area contributed by atoms with Crippen molar-refractivity contribution >= 4 is 22.6 Å². The number of aryl methyl sites for hydroxylation is 1. The van der Waals surface area contributed by atoms with Gasteiger partial charge >= 0.3 is 0 Å². The molecule has 108 valence electrons. The van der Waals surface area contributed by atoms with E-state index < -0.39 is 0 Å². The molecule has 0 aliphatic rings. The number of benzene rings is 2. The van der Waals surface area contributed by atoms with Crippen LogP contribution in [0, 0.1) is 6.92 Å². The molecule has 1 heterocycles. The number of imidazole rings is 1. The Morgan fingerprint density at radius 3 is 2.57 bits per heavy atom. The Kier molecular flexibility index (Phi) is 3.84. The number of aromatic nitrogens is 2. The van der Waals surface area contributed by atoms with E-state index in [1.165, 1.54) is 11.1 Å². The minimum absolute atomic E-state index is 0.407. The normalized spacial score (nSPS) is 11.0. The quantitative estimate of drug-likeness (QED) is 0.677. The van der Waals surface area contributed by atoms with E-state index in [9.17, 15) is 0 Å². The van der Waals surface area contributed by atoms with E-state index in [1.54, 1.807) is 7.11 Å². The van der Waals surface area contributed by atoms with E-state index in [4.69, 9.17) is 16.3 Å². The molecule has 4 heteroatoms. The SMILES string of the molecule is COc1ccc(Cn2c(CCl)nc3cc(C)ccc32)cc1. The third kappa shape index (κ3) is 2.74. The van der Waals surface area contributed by atoms with Crippen molar-refractivity contribution in [2.24, 2.45) is 0 Å². The second-order valence-electron chi connectivity index (χ2n) is 5.09. The van der Waals surface area contributed by atoms with E-state index in [0.717, 1.165) is 29.2 Å². The zero-order chi connectivity index (χ0) is 14.8. The summed E-state index contributed by atoms with van der Waals surface area (Å²) in [5, 5.41) is 0. The van der Waals surface area contributed by atoms with Gasteiger partial charge in [0.15, 0.2) is 0 Å². The number of halogens is 1. The van der Waals surface area contributed by atoms with Gasteiger partial charge in [-0.25, -0.2) is 4.98 Å². The summed E-state index contributed by atoms with van der Waals surface area (Å²) in [7, 11) is 1.67. The number of nitrogens with zero attached hydrogens (tertiary/aromatic N) is 2. The number of rotatable bonds is 4. The summed E-state index contributed by atoms with van der Waals surface area (Å²) in [6, 6.07) is 14.4. The fraction of sp³-hybridized carbons (Fsp3) is 0.235. The molecule has 0 N–H and O–H groups in total. The van der Waals surface area contributed by atoms with E-state index >= 15 is 0 Å². The highest BCUT2D eigenvalue weighted by molar-refractivity contribution is 6.16. The molecule has 0 unspecified atom stereocenters. The first-order valence-electron chi connectivity index (χ1n) is 6.86. The van der Waals surface area contributed by atoms with Crippen molar-refractivity contribution in [2.45, 2.75) is 19.3 Å². The maximum atomic E-state index is 6.05. The molecule has 3 aromatic rings. The first-order valence-corrected chi connectivity index (χ1v) is 7.39. The predicted octanol–water partition coefficient (Wildman–Crippen LogP) is 4.14. The molecule has 0 aliphatic carbocycles. The Labute approximate surface area is 129 Å². The molecule has 0 bridgehead atoms. The van der Waals surface area contributed by atoms with E-state index in [-0.39, 0.29) is 0 Å². The lowest BCUT2D eigenvalue weighted by Gasteiger charge is -2.09. The molecule has 0 saturated heterocycles. The third-order valence-corrected chi connectivity index (χ3v) is 3.84. The molecular weight excluding hydrogens is 284 g/mol. The lowest BCUT2D eigenvalue weighted by Crippen LogP contribution is -2.03. The van der Waals surface area contributed by atoms with E-state index in [1.807, 2.05) is 12.1 Å². The third-order valence-electron chi connectivity index (χ3n) is 3.60. The van der Waals surface area contributed by atoms with Crippen molar-refractivity contribution in [3.63, 3.8) is 0 Å². The molecule has 0 spiro atoms. The van der Waals surface area contributed by atoms with Crippen molar-refractivity contribution < 1.29 is 4.74 Å². The first-order chi connectivity index (χ1) is 10.2. The van der Waals surface area contributed by atoms with Gasteiger partial charge in [-0.1, -0.05) is 18.2 Å². The van der Waals surface area contributed by atoms with Crippen LogP contribution in [0.4, 0.5) is 0 Å². The minimum atomic E-state index is 0.407. The van der Waals surface area contributed by atoms with Crippen LogP contribution < -0.4 is 4.74 Å². The van der Waals surface area contributed by atoms with Gasteiger partial charge in [-0.3, -0.25) is 0 Å². The van der Waals surface area contributed by atoms with Gasteiger partial charge in [-0.15, -0.1) is 11.6 Å². The topological polar surface area (TPSA) is 27.1 Å². The summed E-state index contributed by atoms with van der Waals surface area (Å²) in [4.78, 5) is 4.63. The number of methoxy groups -OCH3 is 1. The summed E-state index contributed by atoms with van der Waals surface area (Å²) in [6.45, 7) is 2.83. The standard InChI is InChI=1S/C17H17ClN2O/c1-12-3-8-16-15(9-12)19-17(10-18)20(16)11-13-4-6-14(21-2)7-5-13/h3-9H,10-11H2,1-2H3. The van der Waals surface area contributed by atoms with Gasteiger partial charge in [-0.2, -0.15) is 0 Å². The first kappa shape index (κ1) is 14.0. The molecule has 0 fully saturated rings. The lowest BCUT2D eigenvalue weighted by molar-refractivity contribution is 0.414. The Balaban J connectivity index is 2.01. The molecule has 0 amide bonds. The van der Waals surface area contributed by atoms with Crippen LogP contribution in [0.2, 0.25) is 0 Å². The molecule has 3 nitrogen and oxygen atoms in total. The lowest BCUT2D eigenvalue weighted by atomic mass is 10.2. The van der Waals surface area contributed by atoms with Gasteiger partial charge in [-0.05, 0) is 42.3 Å². The van der Waals surface area contributed by atoms with Crippen molar-refractivity contribution in [3.8, 4) is 5.75 Å². The monoisotopic (exact) mass is 300 g/mol. The summed E-state index contributed by atoms with van der Waals surface area (Å²) < 4.78 is 7.36. The molecule has 3 rings (SSSR count). The van der Waals surface area contributed by atoms with Gasteiger partial charge in [0.2, 0.25) is 0 Å². The molecule has 0 aliphatic heterocycles. The zero-order valence-corrected chi connectivity index (χ0v) is 12.9. The number of hydrogen-bond acceptors (Lipinski definition) is 2. The van der Waals surface area contributed by atoms with Crippen LogP contribution in [0.5, 0.6) is 5.75 Å². The summed E-state index contributed by atoms with van der Waals surface area (Å²) in [6.07, 6.45) is 0. The summed E-state index contributed by atoms with van der Waals surface area (Å²) in [5.74, 6) is 2.17. The highest BCUT2D eigenvalue weighted by Gasteiger charge is 2.10. The van der Waals surface area contributed by atoms with E-state index in [0.29, 0.717) is 5.88 Å². The predicted molar refractivity (Wildman–Crippen MR) is 86.1 cm³/mol. The summed E-state index contributed by atoms with van der Waals surface area (Å²) >= 11 is 6.05. The largest absolute Gasteiger partial charge is 0.497 e. The second kappa shape index (κ2) is 5.78. The fourth-order valence-corrected chi connectivity index (χ4v) is 2.69. The average molecular weight is 301 g/mol. The van der Waals surface area contributed by atoms with Gasteiger partial charge in [0.1, 0.15) is 11.6 Å². The Bertz CT molecular complexity index is 762. The highest BCUT2D eigenvalue weighted by atomic mass is 35.5. The average Bonchev–Trinajstić information content (AvgIpc) is 2.85. The van der Waals surface area contributed by atoms with Crippen LogP contribution in [0.1, 0.15) is 17.0 Å². The highest BCUT2D eigenvalue weighted by Crippen LogP contribution is 2.21. The van der Waals surface area contributed by atoms with Gasteiger partial charge in [0.05, 0.1) is 24.0 Å². The molecular formula is C17H17ClN2O. The van der Waals surface area contributed by atoms with Crippen LogP contribution in [-0.2, 0) is 12.4 Å². The number of hydrogen-bond donors (Lipinski definition) is 0. The van der Waals surface area contributed by atoms with Crippen LogP contribution in [0.3, 0.4) is 0 Å². The Morgan fingerprint density at radius 1 is 1.14 bits per heavy atom. The molecule has 2 aromatic carbocycles. The maximum absolute atomic E-state index is 6.05. The number of alkyl halides is 1. The smallest absolute Gasteiger partial charge is 0.125 e. The number of ether oxygens (including phenoxy) is 1. The molecule has 21 heavy (non-hydrogen) atoms. The van der Waals surface area contributed by atoms with Crippen LogP contribution in [-0.4, -0.2) is 16.7 Å². The number of fused-ring (bicyclic) bond motifs is 1.